The van der Waals surface area contributed by atoms with Gasteiger partial charge < -0.3 is 19.5 Å². The third-order valence-corrected chi connectivity index (χ3v) is 3.85. The molecule has 0 aromatic carbocycles. The van der Waals surface area contributed by atoms with Gasteiger partial charge in [0.1, 0.15) is 5.54 Å². The molecule has 2 amide bonds. The Morgan fingerprint density at radius 1 is 1.50 bits per heavy atom. The van der Waals surface area contributed by atoms with Crippen LogP contribution in [0.4, 0.5) is 0 Å². The number of amides is 2. The monoisotopic (exact) mass is 279 g/mol. The molecule has 0 aliphatic carbocycles. The molecular weight excluding hydrogens is 258 g/mol. The van der Waals surface area contributed by atoms with E-state index < -0.39 is 5.54 Å². The molecule has 1 N–H and O–H groups in total. The number of aryl methyl sites for hydroxylation is 1. The van der Waals surface area contributed by atoms with Crippen molar-refractivity contribution in [2.75, 3.05) is 27.3 Å². The number of nitrogens with zero attached hydrogens (tertiary/aromatic N) is 2. The Balaban J connectivity index is 2.32. The van der Waals surface area contributed by atoms with Gasteiger partial charge in [0.15, 0.2) is 0 Å². The minimum Gasteiger partial charge on any atom is -0.382 e. The van der Waals surface area contributed by atoms with Gasteiger partial charge in [-0.25, -0.2) is 0 Å². The highest BCUT2D eigenvalue weighted by Crippen LogP contribution is 2.31. The van der Waals surface area contributed by atoms with E-state index in [0.29, 0.717) is 18.5 Å². The van der Waals surface area contributed by atoms with Gasteiger partial charge >= 0.3 is 0 Å². The SMILES string of the molecule is CNC(=O)C1(COC)CCCN1C(=O)c1ccn(C)c1. The van der Waals surface area contributed by atoms with Gasteiger partial charge in [-0.3, -0.25) is 9.59 Å². The molecule has 1 aromatic heterocycles. The first-order valence-electron chi connectivity index (χ1n) is 6.70. The first-order chi connectivity index (χ1) is 9.55. The van der Waals surface area contributed by atoms with E-state index in [1.54, 1.807) is 31.3 Å². The molecule has 0 radical (unpaired) electrons. The molecule has 6 nitrogen and oxygen atoms in total. The van der Waals surface area contributed by atoms with Gasteiger partial charge in [-0.2, -0.15) is 0 Å². The van der Waals surface area contributed by atoms with Crippen molar-refractivity contribution in [3.63, 3.8) is 0 Å². The largest absolute Gasteiger partial charge is 0.382 e. The number of likely N-dealkylation sites (tertiary alicyclic amines) is 1. The fourth-order valence-corrected chi connectivity index (χ4v) is 2.88. The van der Waals surface area contributed by atoms with E-state index in [9.17, 15) is 9.59 Å². The van der Waals surface area contributed by atoms with Gasteiger partial charge in [0.05, 0.1) is 12.2 Å². The average Bonchev–Trinajstić information content (AvgIpc) is 3.05. The summed E-state index contributed by atoms with van der Waals surface area (Å²) in [5.74, 6) is -0.287. The quantitative estimate of drug-likeness (QED) is 0.867. The van der Waals surface area contributed by atoms with Crippen LogP contribution in [0.15, 0.2) is 18.5 Å². The van der Waals surface area contributed by atoms with E-state index in [2.05, 4.69) is 5.32 Å². The average molecular weight is 279 g/mol. The summed E-state index contributed by atoms with van der Waals surface area (Å²) in [6.45, 7) is 0.787. The fraction of sp³-hybridized carbons (Fsp3) is 0.571. The number of methoxy groups -OCH3 is 1. The molecule has 0 bridgehead atoms. The van der Waals surface area contributed by atoms with E-state index >= 15 is 0 Å². The highest BCUT2D eigenvalue weighted by Gasteiger charge is 2.49. The Bertz CT molecular complexity index is 512. The van der Waals surface area contributed by atoms with Crippen LogP contribution < -0.4 is 5.32 Å². The zero-order chi connectivity index (χ0) is 14.8. The number of aromatic nitrogens is 1. The maximum Gasteiger partial charge on any atom is 0.256 e. The Morgan fingerprint density at radius 3 is 2.80 bits per heavy atom. The van der Waals surface area contributed by atoms with Crippen LogP contribution in [-0.2, 0) is 16.6 Å². The maximum atomic E-state index is 12.6. The van der Waals surface area contributed by atoms with Gasteiger partial charge in [0.2, 0.25) is 5.91 Å². The zero-order valence-electron chi connectivity index (χ0n) is 12.2. The first-order valence-corrected chi connectivity index (χ1v) is 6.70. The van der Waals surface area contributed by atoms with Crippen LogP contribution in [0.2, 0.25) is 0 Å². The molecule has 0 spiro atoms. The van der Waals surface area contributed by atoms with Crippen LogP contribution in [0.1, 0.15) is 23.2 Å². The normalized spacial score (nSPS) is 22.1. The predicted molar refractivity (Wildman–Crippen MR) is 74.4 cm³/mol. The number of ether oxygens (including phenoxy) is 1. The van der Waals surface area contributed by atoms with Crippen LogP contribution in [0.3, 0.4) is 0 Å². The Labute approximate surface area is 118 Å². The molecule has 1 fully saturated rings. The molecule has 0 saturated carbocycles. The summed E-state index contributed by atoms with van der Waals surface area (Å²) in [5.41, 5.74) is -0.296. The summed E-state index contributed by atoms with van der Waals surface area (Å²) in [6.07, 6.45) is 5.01. The number of carbonyl (C=O) groups excluding carboxylic acids is 2. The number of hydrogen-bond acceptors (Lipinski definition) is 3. The summed E-state index contributed by atoms with van der Waals surface area (Å²) < 4.78 is 7.03. The smallest absolute Gasteiger partial charge is 0.256 e. The predicted octanol–water partition coefficient (Wildman–Crippen LogP) is 0.392. The zero-order valence-corrected chi connectivity index (χ0v) is 12.2. The minimum absolute atomic E-state index is 0.122. The van der Waals surface area contributed by atoms with E-state index in [4.69, 9.17) is 4.74 Å². The summed E-state index contributed by atoms with van der Waals surface area (Å²) in [6, 6.07) is 1.77. The molecule has 1 saturated heterocycles. The summed E-state index contributed by atoms with van der Waals surface area (Å²) >= 11 is 0. The van der Waals surface area contributed by atoms with E-state index in [-0.39, 0.29) is 18.4 Å². The van der Waals surface area contributed by atoms with Crippen LogP contribution in [0.25, 0.3) is 0 Å². The van der Waals surface area contributed by atoms with Crippen molar-refractivity contribution in [3.05, 3.63) is 24.0 Å². The molecule has 110 valence electrons. The van der Waals surface area contributed by atoms with Crippen molar-refractivity contribution in [2.45, 2.75) is 18.4 Å². The minimum atomic E-state index is -0.892. The molecule has 1 unspecified atom stereocenters. The van der Waals surface area contributed by atoms with E-state index in [1.807, 2.05) is 17.8 Å². The van der Waals surface area contributed by atoms with Gasteiger partial charge in [0.25, 0.3) is 5.91 Å². The van der Waals surface area contributed by atoms with E-state index in [0.717, 1.165) is 6.42 Å². The van der Waals surface area contributed by atoms with Crippen molar-refractivity contribution >= 4 is 11.8 Å². The molecule has 1 aromatic rings. The Kier molecular flexibility index (Phi) is 4.13. The highest BCUT2D eigenvalue weighted by atomic mass is 16.5. The highest BCUT2D eigenvalue weighted by molar-refractivity contribution is 5.99. The number of carbonyl (C=O) groups is 2. The third-order valence-electron chi connectivity index (χ3n) is 3.85. The van der Waals surface area contributed by atoms with Crippen LogP contribution in [-0.4, -0.2) is 54.1 Å². The summed E-state index contributed by atoms with van der Waals surface area (Å²) in [7, 11) is 5.00. The van der Waals surface area contributed by atoms with Crippen LogP contribution >= 0.6 is 0 Å². The lowest BCUT2D eigenvalue weighted by atomic mass is 9.95. The molecule has 1 aliphatic rings. The van der Waals surface area contributed by atoms with Crippen molar-refractivity contribution in [1.29, 1.82) is 0 Å². The van der Waals surface area contributed by atoms with Gasteiger partial charge in [-0.05, 0) is 18.9 Å². The van der Waals surface area contributed by atoms with Crippen molar-refractivity contribution < 1.29 is 14.3 Å². The van der Waals surface area contributed by atoms with Crippen molar-refractivity contribution in [3.8, 4) is 0 Å². The van der Waals surface area contributed by atoms with Crippen molar-refractivity contribution in [1.82, 2.24) is 14.8 Å². The lowest BCUT2D eigenvalue weighted by molar-refractivity contribution is -0.133. The topological polar surface area (TPSA) is 63.6 Å². The van der Waals surface area contributed by atoms with Gasteiger partial charge in [0, 0.05) is 40.1 Å². The molecule has 20 heavy (non-hydrogen) atoms. The number of nitrogens with one attached hydrogen (secondary N) is 1. The lowest BCUT2D eigenvalue weighted by Crippen LogP contribution is -2.59. The Morgan fingerprint density at radius 2 is 2.25 bits per heavy atom. The molecule has 1 aliphatic heterocycles. The standard InChI is InChI=1S/C14H21N3O3/c1-15-13(19)14(10-20-3)6-4-7-17(14)12(18)11-5-8-16(2)9-11/h5,8-9H,4,6-7,10H2,1-3H3,(H,15,19). The molecule has 6 heteroatoms. The second-order valence-electron chi connectivity index (χ2n) is 5.17. The summed E-state index contributed by atoms with van der Waals surface area (Å²) in [5, 5.41) is 2.66. The van der Waals surface area contributed by atoms with Gasteiger partial charge in [-0.1, -0.05) is 0 Å². The molecule has 2 heterocycles. The van der Waals surface area contributed by atoms with Gasteiger partial charge in [-0.15, -0.1) is 0 Å². The number of rotatable bonds is 4. The number of likely N-dealkylation sites (N-methyl/N-ethyl adjacent to an activating group) is 1. The lowest BCUT2D eigenvalue weighted by Gasteiger charge is -2.36. The maximum absolute atomic E-state index is 12.6. The van der Waals surface area contributed by atoms with Crippen molar-refractivity contribution in [2.24, 2.45) is 7.05 Å². The molecular formula is C14H21N3O3. The van der Waals surface area contributed by atoms with Crippen LogP contribution in [0.5, 0.6) is 0 Å². The third kappa shape index (κ3) is 2.31. The molecule has 2 rings (SSSR count). The fourth-order valence-electron chi connectivity index (χ4n) is 2.88. The Hall–Kier alpha value is -1.82. The van der Waals surface area contributed by atoms with Crippen LogP contribution in [0, 0.1) is 0 Å². The summed E-state index contributed by atoms with van der Waals surface area (Å²) in [4.78, 5) is 26.6. The second-order valence-corrected chi connectivity index (χ2v) is 5.17. The second kappa shape index (κ2) is 5.66. The first kappa shape index (κ1) is 14.6. The number of hydrogen-bond donors (Lipinski definition) is 1. The van der Waals surface area contributed by atoms with E-state index in [1.165, 1.54) is 0 Å². The molecule has 1 atom stereocenters.